The molecule has 1 aromatic rings. The fourth-order valence-corrected chi connectivity index (χ4v) is 1.53. The molecule has 0 aliphatic carbocycles. The van der Waals surface area contributed by atoms with Crippen LogP contribution in [0.1, 0.15) is 5.56 Å². The minimum atomic E-state index is -0.424. The largest absolute Gasteiger partial charge is 0.395 e. The summed E-state index contributed by atoms with van der Waals surface area (Å²) in [6, 6.07) is 6.55. The van der Waals surface area contributed by atoms with Crippen molar-refractivity contribution in [3.63, 3.8) is 0 Å². The first kappa shape index (κ1) is 11.2. The Kier molecular flexibility index (Phi) is 4.05. The molecule has 4 heteroatoms. The van der Waals surface area contributed by atoms with Gasteiger partial charge in [-0.3, -0.25) is 0 Å². The zero-order valence-electron chi connectivity index (χ0n) is 7.37. The van der Waals surface area contributed by atoms with Crippen LogP contribution in [0.3, 0.4) is 0 Å². The minimum absolute atomic E-state index is 0.175. The first-order valence-corrected chi connectivity index (χ1v) is 4.91. The average Bonchev–Trinajstić information content (AvgIpc) is 2.19. The van der Waals surface area contributed by atoms with Crippen molar-refractivity contribution in [2.45, 2.75) is 6.42 Å². The van der Waals surface area contributed by atoms with Crippen molar-refractivity contribution in [1.29, 1.82) is 5.26 Å². The summed E-state index contributed by atoms with van der Waals surface area (Å²) >= 11 is 3.06. The number of halogens is 2. The lowest BCUT2D eigenvalue weighted by Gasteiger charge is -2.05. The number of hydrogen-bond acceptors (Lipinski definition) is 2. The summed E-state index contributed by atoms with van der Waals surface area (Å²) in [6.45, 7) is -0.175. The molecule has 1 aromatic carbocycles. The zero-order valence-corrected chi connectivity index (χ0v) is 8.96. The number of hydrogen-bond donors (Lipinski definition) is 1. The Morgan fingerprint density at radius 1 is 1.57 bits per heavy atom. The van der Waals surface area contributed by atoms with E-state index in [-0.39, 0.29) is 12.4 Å². The van der Waals surface area contributed by atoms with Crippen molar-refractivity contribution in [2.75, 3.05) is 6.61 Å². The number of benzene rings is 1. The molecule has 1 atom stereocenters. The van der Waals surface area contributed by atoms with E-state index < -0.39 is 5.92 Å². The molecular weight excluding hydrogens is 249 g/mol. The molecule has 1 N–H and O–H groups in total. The van der Waals surface area contributed by atoms with Gasteiger partial charge in [-0.2, -0.15) is 5.26 Å². The SMILES string of the molecule is N#CC(CO)Cc1ccc(F)c(Br)c1. The van der Waals surface area contributed by atoms with Gasteiger partial charge in [0.2, 0.25) is 0 Å². The van der Waals surface area contributed by atoms with Crippen molar-refractivity contribution < 1.29 is 9.50 Å². The number of aliphatic hydroxyl groups is 1. The van der Waals surface area contributed by atoms with Crippen LogP contribution in [0.15, 0.2) is 22.7 Å². The van der Waals surface area contributed by atoms with Crippen LogP contribution in [0.2, 0.25) is 0 Å². The maximum Gasteiger partial charge on any atom is 0.137 e. The third-order valence-corrected chi connectivity index (χ3v) is 2.48. The van der Waals surface area contributed by atoms with Crippen LogP contribution in [0, 0.1) is 23.1 Å². The Hall–Kier alpha value is -0.920. The third kappa shape index (κ3) is 2.79. The van der Waals surface area contributed by atoms with E-state index in [4.69, 9.17) is 10.4 Å². The molecule has 74 valence electrons. The van der Waals surface area contributed by atoms with Crippen LogP contribution in [0.25, 0.3) is 0 Å². The second-order valence-corrected chi connectivity index (χ2v) is 3.82. The predicted molar refractivity (Wildman–Crippen MR) is 54.0 cm³/mol. The first-order valence-electron chi connectivity index (χ1n) is 4.11. The van der Waals surface area contributed by atoms with Crippen molar-refractivity contribution in [2.24, 2.45) is 5.92 Å². The Morgan fingerprint density at radius 3 is 2.79 bits per heavy atom. The van der Waals surface area contributed by atoms with E-state index in [1.165, 1.54) is 6.07 Å². The van der Waals surface area contributed by atoms with Gasteiger partial charge in [0.15, 0.2) is 0 Å². The molecule has 1 unspecified atom stereocenters. The quantitative estimate of drug-likeness (QED) is 0.903. The first-order chi connectivity index (χ1) is 6.67. The number of nitrogens with zero attached hydrogens (tertiary/aromatic N) is 1. The normalized spacial score (nSPS) is 12.1. The summed E-state index contributed by atoms with van der Waals surface area (Å²) in [5, 5.41) is 17.4. The van der Waals surface area contributed by atoms with Gasteiger partial charge in [-0.25, -0.2) is 4.39 Å². The van der Waals surface area contributed by atoms with Crippen LogP contribution in [0.4, 0.5) is 4.39 Å². The summed E-state index contributed by atoms with van der Waals surface area (Å²) < 4.78 is 13.2. The highest BCUT2D eigenvalue weighted by Gasteiger charge is 2.08. The Labute approximate surface area is 90.1 Å². The van der Waals surface area contributed by atoms with Gasteiger partial charge in [0.25, 0.3) is 0 Å². The summed E-state index contributed by atoms with van der Waals surface area (Å²) in [6.07, 6.45) is 0.436. The Bertz CT molecular complexity index is 362. The van der Waals surface area contributed by atoms with Crippen LogP contribution >= 0.6 is 15.9 Å². The molecule has 0 aliphatic heterocycles. The van der Waals surface area contributed by atoms with Crippen molar-refractivity contribution >= 4 is 15.9 Å². The van der Waals surface area contributed by atoms with Gasteiger partial charge >= 0.3 is 0 Å². The number of aliphatic hydroxyl groups excluding tert-OH is 1. The smallest absolute Gasteiger partial charge is 0.137 e. The maximum absolute atomic E-state index is 12.8. The lowest BCUT2D eigenvalue weighted by molar-refractivity contribution is 0.255. The fraction of sp³-hybridized carbons (Fsp3) is 0.300. The highest BCUT2D eigenvalue weighted by molar-refractivity contribution is 9.10. The molecule has 14 heavy (non-hydrogen) atoms. The zero-order chi connectivity index (χ0) is 10.6. The van der Waals surface area contributed by atoms with E-state index in [9.17, 15) is 4.39 Å². The van der Waals surface area contributed by atoms with Crippen molar-refractivity contribution in [1.82, 2.24) is 0 Å². The molecule has 0 saturated carbocycles. The van der Waals surface area contributed by atoms with Crippen LogP contribution in [-0.4, -0.2) is 11.7 Å². The van der Waals surface area contributed by atoms with Gasteiger partial charge in [-0.15, -0.1) is 0 Å². The van der Waals surface area contributed by atoms with E-state index in [0.29, 0.717) is 10.9 Å². The molecule has 0 aliphatic rings. The van der Waals surface area contributed by atoms with Gasteiger partial charge in [0, 0.05) is 0 Å². The number of rotatable bonds is 3. The van der Waals surface area contributed by atoms with Gasteiger partial charge in [-0.1, -0.05) is 6.07 Å². The van der Waals surface area contributed by atoms with E-state index in [2.05, 4.69) is 15.9 Å². The van der Waals surface area contributed by atoms with Crippen LogP contribution in [0.5, 0.6) is 0 Å². The maximum atomic E-state index is 12.8. The average molecular weight is 258 g/mol. The van der Waals surface area contributed by atoms with Gasteiger partial charge < -0.3 is 5.11 Å². The molecule has 0 bridgehead atoms. The summed E-state index contributed by atoms with van der Waals surface area (Å²) in [5.41, 5.74) is 0.832. The minimum Gasteiger partial charge on any atom is -0.395 e. The number of nitriles is 1. The summed E-state index contributed by atoms with van der Waals surface area (Å²) in [7, 11) is 0. The molecule has 0 spiro atoms. The van der Waals surface area contributed by atoms with Crippen LogP contribution in [-0.2, 0) is 6.42 Å². The van der Waals surface area contributed by atoms with Gasteiger partial charge in [-0.05, 0) is 40.0 Å². The predicted octanol–water partition coefficient (Wildman–Crippen LogP) is 2.26. The van der Waals surface area contributed by atoms with E-state index in [1.807, 2.05) is 6.07 Å². The van der Waals surface area contributed by atoms with Gasteiger partial charge in [0.1, 0.15) is 5.82 Å². The van der Waals surface area contributed by atoms with Gasteiger partial charge in [0.05, 0.1) is 23.1 Å². The molecule has 0 amide bonds. The summed E-state index contributed by atoms with van der Waals surface area (Å²) in [4.78, 5) is 0. The second-order valence-electron chi connectivity index (χ2n) is 2.96. The topological polar surface area (TPSA) is 44.0 Å². The van der Waals surface area contributed by atoms with E-state index >= 15 is 0 Å². The van der Waals surface area contributed by atoms with Crippen molar-refractivity contribution in [3.8, 4) is 6.07 Å². The van der Waals surface area contributed by atoms with Crippen molar-refractivity contribution in [3.05, 3.63) is 34.1 Å². The Morgan fingerprint density at radius 2 is 2.29 bits per heavy atom. The summed E-state index contributed by atoms with van der Waals surface area (Å²) in [5.74, 6) is -0.751. The second kappa shape index (κ2) is 5.08. The molecule has 0 aromatic heterocycles. The Balaban J connectivity index is 2.78. The molecule has 1 rings (SSSR count). The van der Waals surface area contributed by atoms with Crippen LogP contribution < -0.4 is 0 Å². The molecule has 0 saturated heterocycles. The van der Waals surface area contributed by atoms with E-state index in [0.717, 1.165) is 5.56 Å². The molecule has 0 heterocycles. The third-order valence-electron chi connectivity index (χ3n) is 1.87. The standard InChI is InChI=1S/C10H9BrFNO/c11-9-4-7(1-2-10(9)12)3-8(5-13)6-14/h1-2,4,8,14H,3,6H2. The lowest BCUT2D eigenvalue weighted by Crippen LogP contribution is -2.06. The monoisotopic (exact) mass is 257 g/mol. The molecular formula is C10H9BrFNO. The highest BCUT2D eigenvalue weighted by Crippen LogP contribution is 2.18. The molecule has 0 fully saturated rings. The fourth-order valence-electron chi connectivity index (χ4n) is 1.10. The lowest BCUT2D eigenvalue weighted by atomic mass is 10.0. The molecule has 0 radical (unpaired) electrons. The van der Waals surface area contributed by atoms with E-state index in [1.54, 1.807) is 12.1 Å². The highest BCUT2D eigenvalue weighted by atomic mass is 79.9. The molecule has 2 nitrogen and oxygen atoms in total.